The first-order valence-corrected chi connectivity index (χ1v) is 7.30. The first kappa shape index (κ1) is 14.0. The lowest BCUT2D eigenvalue weighted by atomic mass is 10.1. The van der Waals surface area contributed by atoms with Gasteiger partial charge in [0.05, 0.1) is 6.54 Å². The van der Waals surface area contributed by atoms with E-state index in [1.807, 2.05) is 31.4 Å². The van der Waals surface area contributed by atoms with Crippen LogP contribution in [-0.2, 0) is 6.54 Å². The number of aromatic nitrogens is 1. The molecule has 1 amide bonds. The third kappa shape index (κ3) is 3.78. The minimum atomic E-state index is -0.125. The molecule has 0 radical (unpaired) electrons. The topological polar surface area (TPSA) is 42.0 Å². The maximum absolute atomic E-state index is 12.1. The average Bonchev–Trinajstić information content (AvgIpc) is 2.88. The summed E-state index contributed by atoms with van der Waals surface area (Å²) < 4.78 is 0. The van der Waals surface area contributed by atoms with Crippen molar-refractivity contribution in [3.63, 3.8) is 0 Å². The number of nitrogens with zero attached hydrogens (tertiary/aromatic N) is 1. The summed E-state index contributed by atoms with van der Waals surface area (Å²) in [7, 11) is 0. The number of pyridine rings is 1. The van der Waals surface area contributed by atoms with Gasteiger partial charge in [-0.25, -0.2) is 4.98 Å². The van der Waals surface area contributed by atoms with Gasteiger partial charge in [0.25, 0.3) is 5.91 Å². The van der Waals surface area contributed by atoms with Gasteiger partial charge in [-0.3, -0.25) is 4.79 Å². The third-order valence-electron chi connectivity index (χ3n) is 2.67. The van der Waals surface area contributed by atoms with Crippen molar-refractivity contribution < 1.29 is 4.79 Å². The molecule has 0 atom stereocenters. The predicted octanol–water partition coefficient (Wildman–Crippen LogP) is 3.85. The summed E-state index contributed by atoms with van der Waals surface area (Å²) in [5, 5.41) is 5.22. The Hall–Kier alpha value is -1.39. The fourth-order valence-corrected chi connectivity index (χ4v) is 2.49. The largest absolute Gasteiger partial charge is 0.347 e. The van der Waals surface area contributed by atoms with E-state index in [1.54, 1.807) is 23.5 Å². The van der Waals surface area contributed by atoms with Crippen LogP contribution < -0.4 is 5.32 Å². The molecule has 2 aromatic rings. The molecule has 2 rings (SSSR count). The molecule has 2 aromatic heterocycles. The molecule has 0 aromatic carbocycles. The second-order valence-electron chi connectivity index (χ2n) is 4.52. The van der Waals surface area contributed by atoms with E-state index in [-0.39, 0.29) is 11.8 Å². The Morgan fingerprint density at radius 1 is 1.47 bits per heavy atom. The Balaban J connectivity index is 2.10. The van der Waals surface area contributed by atoms with Gasteiger partial charge in [0.15, 0.2) is 0 Å². The van der Waals surface area contributed by atoms with Gasteiger partial charge in [0.1, 0.15) is 5.15 Å². The molecule has 0 saturated heterocycles. The number of halogens is 1. The van der Waals surface area contributed by atoms with Crippen LogP contribution in [-0.4, -0.2) is 10.9 Å². The van der Waals surface area contributed by atoms with Crippen molar-refractivity contribution in [2.24, 2.45) is 0 Å². The number of rotatable bonds is 4. The molecule has 0 bridgehead atoms. The van der Waals surface area contributed by atoms with Crippen molar-refractivity contribution in [3.8, 4) is 0 Å². The van der Waals surface area contributed by atoms with Gasteiger partial charge in [-0.15, -0.1) is 11.3 Å². The summed E-state index contributed by atoms with van der Waals surface area (Å²) in [6.07, 6.45) is 0. The average molecular weight is 295 g/mol. The van der Waals surface area contributed by atoms with Crippen molar-refractivity contribution in [2.45, 2.75) is 26.3 Å². The molecular formula is C14H15ClN2OS. The summed E-state index contributed by atoms with van der Waals surface area (Å²) >= 11 is 7.57. The van der Waals surface area contributed by atoms with Crippen molar-refractivity contribution >= 4 is 28.8 Å². The molecule has 1 N–H and O–H groups in total. The van der Waals surface area contributed by atoms with Crippen molar-refractivity contribution in [3.05, 3.63) is 50.9 Å². The minimum absolute atomic E-state index is 0.125. The van der Waals surface area contributed by atoms with E-state index in [1.165, 1.54) is 0 Å². The van der Waals surface area contributed by atoms with Crippen LogP contribution >= 0.6 is 22.9 Å². The third-order valence-corrected chi connectivity index (χ3v) is 3.74. The molecule has 19 heavy (non-hydrogen) atoms. The SMILES string of the molecule is CC(C)c1cc(C(=O)NCc2cccs2)cc(Cl)n1. The van der Waals surface area contributed by atoms with Crippen LogP contribution in [0.2, 0.25) is 5.15 Å². The molecule has 5 heteroatoms. The zero-order valence-electron chi connectivity index (χ0n) is 10.8. The van der Waals surface area contributed by atoms with Gasteiger partial charge < -0.3 is 5.32 Å². The lowest BCUT2D eigenvalue weighted by molar-refractivity contribution is 0.0951. The van der Waals surface area contributed by atoms with Crippen LogP contribution in [0, 0.1) is 0 Å². The van der Waals surface area contributed by atoms with E-state index in [2.05, 4.69) is 10.3 Å². The second kappa shape index (κ2) is 6.17. The number of nitrogens with one attached hydrogen (secondary N) is 1. The first-order valence-electron chi connectivity index (χ1n) is 6.04. The van der Waals surface area contributed by atoms with Crippen molar-refractivity contribution in [2.75, 3.05) is 0 Å². The second-order valence-corrected chi connectivity index (χ2v) is 5.94. The van der Waals surface area contributed by atoms with Crippen molar-refractivity contribution in [1.29, 1.82) is 0 Å². The van der Waals surface area contributed by atoms with Crippen LogP contribution in [0.5, 0.6) is 0 Å². The summed E-state index contributed by atoms with van der Waals surface area (Å²) in [6, 6.07) is 7.34. The van der Waals surface area contributed by atoms with Crippen LogP contribution in [0.3, 0.4) is 0 Å². The molecule has 100 valence electrons. The van der Waals surface area contributed by atoms with E-state index in [0.29, 0.717) is 17.3 Å². The molecule has 3 nitrogen and oxygen atoms in total. The minimum Gasteiger partial charge on any atom is -0.347 e. The zero-order chi connectivity index (χ0) is 13.8. The molecule has 0 aliphatic heterocycles. The van der Waals surface area contributed by atoms with E-state index in [4.69, 9.17) is 11.6 Å². The van der Waals surface area contributed by atoms with Gasteiger partial charge >= 0.3 is 0 Å². The van der Waals surface area contributed by atoms with E-state index < -0.39 is 0 Å². The lowest BCUT2D eigenvalue weighted by Gasteiger charge is -2.08. The fraction of sp³-hybridized carbons (Fsp3) is 0.286. The van der Waals surface area contributed by atoms with Crippen molar-refractivity contribution in [1.82, 2.24) is 10.3 Å². The highest BCUT2D eigenvalue weighted by molar-refractivity contribution is 7.09. The van der Waals surface area contributed by atoms with E-state index in [0.717, 1.165) is 10.6 Å². The van der Waals surface area contributed by atoms with Crippen LogP contribution in [0.1, 0.15) is 40.7 Å². The molecule has 0 aliphatic rings. The van der Waals surface area contributed by atoms with Gasteiger partial charge in [0.2, 0.25) is 0 Å². The highest BCUT2D eigenvalue weighted by atomic mass is 35.5. The molecule has 0 spiro atoms. The van der Waals surface area contributed by atoms with Crippen LogP contribution in [0.25, 0.3) is 0 Å². The molecule has 0 aliphatic carbocycles. The molecule has 2 heterocycles. The molecule has 0 fully saturated rings. The number of carbonyl (C=O) groups is 1. The molecule has 0 saturated carbocycles. The van der Waals surface area contributed by atoms with Gasteiger partial charge in [-0.2, -0.15) is 0 Å². The summed E-state index contributed by atoms with van der Waals surface area (Å²) in [6.45, 7) is 4.57. The Kier molecular flexibility index (Phi) is 4.56. The highest BCUT2D eigenvalue weighted by Gasteiger charge is 2.11. The quantitative estimate of drug-likeness (QED) is 0.870. The summed E-state index contributed by atoms with van der Waals surface area (Å²) in [5.74, 6) is 0.113. The number of amides is 1. The van der Waals surface area contributed by atoms with E-state index >= 15 is 0 Å². The normalized spacial score (nSPS) is 10.7. The lowest BCUT2D eigenvalue weighted by Crippen LogP contribution is -2.22. The molecule has 0 unspecified atom stereocenters. The standard InChI is InChI=1S/C14H15ClN2OS/c1-9(2)12-6-10(7-13(15)17-12)14(18)16-8-11-4-3-5-19-11/h3-7,9H,8H2,1-2H3,(H,16,18). The van der Waals surface area contributed by atoms with Gasteiger partial charge in [-0.1, -0.05) is 31.5 Å². The maximum Gasteiger partial charge on any atom is 0.251 e. The number of thiophene rings is 1. The fourth-order valence-electron chi connectivity index (χ4n) is 1.63. The maximum atomic E-state index is 12.1. The Morgan fingerprint density at radius 2 is 2.26 bits per heavy atom. The zero-order valence-corrected chi connectivity index (χ0v) is 12.4. The smallest absolute Gasteiger partial charge is 0.251 e. The number of hydrogen-bond donors (Lipinski definition) is 1. The van der Waals surface area contributed by atoms with Gasteiger partial charge in [0, 0.05) is 16.1 Å². The Bertz CT molecular complexity index is 567. The van der Waals surface area contributed by atoms with Crippen LogP contribution in [0.4, 0.5) is 0 Å². The van der Waals surface area contributed by atoms with Gasteiger partial charge in [-0.05, 0) is 29.5 Å². The number of hydrogen-bond acceptors (Lipinski definition) is 3. The van der Waals surface area contributed by atoms with E-state index in [9.17, 15) is 4.79 Å². The monoisotopic (exact) mass is 294 g/mol. The predicted molar refractivity (Wildman–Crippen MR) is 78.8 cm³/mol. The Morgan fingerprint density at radius 3 is 2.89 bits per heavy atom. The Labute approximate surface area is 121 Å². The number of carbonyl (C=O) groups excluding carboxylic acids is 1. The molecular weight excluding hydrogens is 280 g/mol. The first-order chi connectivity index (χ1) is 9.06. The summed E-state index contributed by atoms with van der Waals surface area (Å²) in [4.78, 5) is 17.4. The summed E-state index contributed by atoms with van der Waals surface area (Å²) in [5.41, 5.74) is 1.38. The van der Waals surface area contributed by atoms with Crippen LogP contribution in [0.15, 0.2) is 29.6 Å². The highest BCUT2D eigenvalue weighted by Crippen LogP contribution is 2.18.